The van der Waals surface area contributed by atoms with Crippen LogP contribution in [0.5, 0.6) is 0 Å². The maximum Gasteiger partial charge on any atom is 0.251 e. The van der Waals surface area contributed by atoms with Crippen molar-refractivity contribution in [2.45, 2.75) is 13.0 Å². The standard InChI is InChI=1S/C15H20N4O2/c1-2-19-5-6-21-13(10-19)9-16-15(20)11-3-4-12-8-17-18-14(12)7-11/h3-4,7-8,13H,2,5-6,9-10H2,1H3,(H,16,20)(H,17,18). The van der Waals surface area contributed by atoms with E-state index in [1.54, 1.807) is 6.20 Å². The fraction of sp³-hybridized carbons (Fsp3) is 0.467. The topological polar surface area (TPSA) is 70.2 Å². The summed E-state index contributed by atoms with van der Waals surface area (Å²) >= 11 is 0. The van der Waals surface area contributed by atoms with Crippen molar-refractivity contribution in [3.05, 3.63) is 30.0 Å². The van der Waals surface area contributed by atoms with Gasteiger partial charge in [0, 0.05) is 30.6 Å². The van der Waals surface area contributed by atoms with Crippen LogP contribution in [0.15, 0.2) is 24.4 Å². The van der Waals surface area contributed by atoms with Crippen molar-refractivity contribution in [2.75, 3.05) is 32.8 Å². The van der Waals surface area contributed by atoms with Crippen molar-refractivity contribution < 1.29 is 9.53 Å². The molecule has 0 bridgehead atoms. The number of fused-ring (bicyclic) bond motifs is 1. The van der Waals surface area contributed by atoms with E-state index in [9.17, 15) is 4.79 Å². The Balaban J connectivity index is 1.58. The number of H-pyrrole nitrogens is 1. The predicted octanol–water partition coefficient (Wildman–Crippen LogP) is 1.01. The molecule has 6 heteroatoms. The minimum Gasteiger partial charge on any atom is -0.374 e. The lowest BCUT2D eigenvalue weighted by molar-refractivity contribution is -0.0246. The van der Waals surface area contributed by atoms with E-state index in [-0.39, 0.29) is 12.0 Å². The molecule has 21 heavy (non-hydrogen) atoms. The summed E-state index contributed by atoms with van der Waals surface area (Å²) in [5, 5.41) is 10.8. The Morgan fingerprint density at radius 1 is 1.57 bits per heavy atom. The maximum absolute atomic E-state index is 12.2. The van der Waals surface area contributed by atoms with Crippen LogP contribution in [0.1, 0.15) is 17.3 Å². The Morgan fingerprint density at radius 2 is 2.48 bits per heavy atom. The normalized spacial score (nSPS) is 19.8. The largest absolute Gasteiger partial charge is 0.374 e. The van der Waals surface area contributed by atoms with Crippen molar-refractivity contribution in [3.63, 3.8) is 0 Å². The smallest absolute Gasteiger partial charge is 0.251 e. The lowest BCUT2D eigenvalue weighted by Gasteiger charge is -2.32. The molecule has 0 radical (unpaired) electrons. The number of nitrogens with one attached hydrogen (secondary N) is 2. The van der Waals surface area contributed by atoms with Gasteiger partial charge in [-0.2, -0.15) is 5.10 Å². The Bertz CT molecular complexity index is 625. The molecule has 3 rings (SSSR count). The second-order valence-electron chi connectivity index (χ2n) is 5.27. The molecule has 1 unspecified atom stereocenters. The maximum atomic E-state index is 12.2. The monoisotopic (exact) mass is 288 g/mol. The van der Waals surface area contributed by atoms with Gasteiger partial charge in [0.05, 0.1) is 24.4 Å². The number of aromatic amines is 1. The Morgan fingerprint density at radius 3 is 3.33 bits per heavy atom. The van der Waals surface area contributed by atoms with E-state index in [1.807, 2.05) is 18.2 Å². The summed E-state index contributed by atoms with van der Waals surface area (Å²) in [4.78, 5) is 14.5. The fourth-order valence-electron chi connectivity index (χ4n) is 2.58. The lowest BCUT2D eigenvalue weighted by atomic mass is 10.1. The zero-order valence-electron chi connectivity index (χ0n) is 12.1. The summed E-state index contributed by atoms with van der Waals surface area (Å²) in [5.41, 5.74) is 1.50. The van der Waals surface area contributed by atoms with Crippen LogP contribution in [0.25, 0.3) is 10.9 Å². The molecule has 1 amide bonds. The highest BCUT2D eigenvalue weighted by atomic mass is 16.5. The Kier molecular flexibility index (Phi) is 4.17. The number of rotatable bonds is 4. The molecule has 1 saturated heterocycles. The van der Waals surface area contributed by atoms with Gasteiger partial charge in [0.2, 0.25) is 0 Å². The van der Waals surface area contributed by atoms with Crippen LogP contribution in [0, 0.1) is 0 Å². The van der Waals surface area contributed by atoms with Gasteiger partial charge >= 0.3 is 0 Å². The van der Waals surface area contributed by atoms with Gasteiger partial charge in [0.15, 0.2) is 0 Å². The molecule has 0 aliphatic carbocycles. The highest BCUT2D eigenvalue weighted by Crippen LogP contribution is 2.12. The Labute approximate surface area is 123 Å². The SMILES string of the molecule is CCN1CCOC(CNC(=O)c2ccc3cn[nH]c3c2)C1. The van der Waals surface area contributed by atoms with Crippen LogP contribution < -0.4 is 5.32 Å². The number of aromatic nitrogens is 2. The van der Waals surface area contributed by atoms with Crippen LogP contribution in [0.4, 0.5) is 0 Å². The van der Waals surface area contributed by atoms with E-state index in [1.165, 1.54) is 0 Å². The molecule has 2 N–H and O–H groups in total. The van der Waals surface area contributed by atoms with E-state index in [0.29, 0.717) is 12.1 Å². The van der Waals surface area contributed by atoms with Gasteiger partial charge in [-0.15, -0.1) is 0 Å². The van der Waals surface area contributed by atoms with Gasteiger partial charge in [0.1, 0.15) is 0 Å². The van der Waals surface area contributed by atoms with E-state index in [2.05, 4.69) is 27.3 Å². The molecule has 6 nitrogen and oxygen atoms in total. The first-order valence-corrected chi connectivity index (χ1v) is 7.31. The van der Waals surface area contributed by atoms with Gasteiger partial charge in [-0.3, -0.25) is 14.8 Å². The number of amides is 1. The number of hydrogen-bond donors (Lipinski definition) is 2. The van der Waals surface area contributed by atoms with E-state index in [4.69, 9.17) is 4.74 Å². The molecule has 112 valence electrons. The first-order valence-electron chi connectivity index (χ1n) is 7.31. The summed E-state index contributed by atoms with van der Waals surface area (Å²) in [5.74, 6) is -0.0799. The quantitative estimate of drug-likeness (QED) is 0.881. The first-order chi connectivity index (χ1) is 10.3. The van der Waals surface area contributed by atoms with Crippen LogP contribution in [-0.4, -0.2) is 59.9 Å². The van der Waals surface area contributed by atoms with Crippen LogP contribution in [0.3, 0.4) is 0 Å². The third-order valence-corrected chi connectivity index (χ3v) is 3.86. The number of benzene rings is 1. The van der Waals surface area contributed by atoms with Crippen molar-refractivity contribution in [3.8, 4) is 0 Å². The predicted molar refractivity (Wildman–Crippen MR) is 80.3 cm³/mol. The molecule has 1 atom stereocenters. The van der Waals surface area contributed by atoms with Gasteiger partial charge < -0.3 is 10.1 Å². The number of ether oxygens (including phenoxy) is 1. The summed E-state index contributed by atoms with van der Waals surface area (Å²) in [6.45, 7) is 6.27. The zero-order chi connectivity index (χ0) is 14.7. The summed E-state index contributed by atoms with van der Waals surface area (Å²) in [6.07, 6.45) is 1.81. The van der Waals surface area contributed by atoms with Crippen molar-refractivity contribution in [1.82, 2.24) is 20.4 Å². The van der Waals surface area contributed by atoms with Gasteiger partial charge in [-0.1, -0.05) is 13.0 Å². The number of carbonyl (C=O) groups excluding carboxylic acids is 1. The van der Waals surface area contributed by atoms with Gasteiger partial charge in [-0.25, -0.2) is 0 Å². The summed E-state index contributed by atoms with van der Waals surface area (Å²) in [6, 6.07) is 5.52. The van der Waals surface area contributed by atoms with Crippen molar-refractivity contribution in [2.24, 2.45) is 0 Å². The van der Waals surface area contributed by atoms with Crippen molar-refractivity contribution >= 4 is 16.8 Å². The minimum atomic E-state index is -0.0799. The molecule has 1 aromatic heterocycles. The van der Waals surface area contributed by atoms with Crippen LogP contribution in [-0.2, 0) is 4.74 Å². The zero-order valence-corrected chi connectivity index (χ0v) is 12.1. The number of nitrogens with zero attached hydrogens (tertiary/aromatic N) is 2. The summed E-state index contributed by atoms with van der Waals surface area (Å²) in [7, 11) is 0. The number of carbonyl (C=O) groups is 1. The number of likely N-dealkylation sites (N-methyl/N-ethyl adjacent to an activating group) is 1. The molecule has 2 heterocycles. The average molecular weight is 288 g/mol. The Hall–Kier alpha value is -1.92. The molecule has 2 aromatic rings. The molecule has 1 aliphatic heterocycles. The van der Waals surface area contributed by atoms with Gasteiger partial charge in [-0.05, 0) is 18.7 Å². The highest BCUT2D eigenvalue weighted by Gasteiger charge is 2.20. The molecular formula is C15H20N4O2. The van der Waals surface area contributed by atoms with Crippen molar-refractivity contribution in [1.29, 1.82) is 0 Å². The molecular weight excluding hydrogens is 268 g/mol. The average Bonchev–Trinajstić information content (AvgIpc) is 3.00. The minimum absolute atomic E-state index is 0.0681. The third-order valence-electron chi connectivity index (χ3n) is 3.86. The second kappa shape index (κ2) is 6.24. The van der Waals surface area contributed by atoms with Crippen LogP contribution >= 0.6 is 0 Å². The lowest BCUT2D eigenvalue weighted by Crippen LogP contribution is -2.47. The number of hydrogen-bond acceptors (Lipinski definition) is 4. The molecule has 1 fully saturated rings. The second-order valence-corrected chi connectivity index (χ2v) is 5.27. The van der Waals surface area contributed by atoms with Gasteiger partial charge in [0.25, 0.3) is 5.91 Å². The molecule has 1 aromatic carbocycles. The van der Waals surface area contributed by atoms with E-state index >= 15 is 0 Å². The first kappa shape index (κ1) is 14.0. The fourth-order valence-corrected chi connectivity index (χ4v) is 2.58. The molecule has 1 aliphatic rings. The summed E-state index contributed by atoms with van der Waals surface area (Å²) < 4.78 is 5.68. The van der Waals surface area contributed by atoms with E-state index in [0.717, 1.165) is 37.1 Å². The molecule has 0 saturated carbocycles. The van der Waals surface area contributed by atoms with Crippen LogP contribution in [0.2, 0.25) is 0 Å². The molecule has 0 spiro atoms. The number of morpholine rings is 1. The highest BCUT2D eigenvalue weighted by molar-refractivity contribution is 5.97. The van der Waals surface area contributed by atoms with E-state index < -0.39 is 0 Å². The third kappa shape index (κ3) is 3.22.